The number of morpholine rings is 1. The van der Waals surface area contributed by atoms with Crippen molar-refractivity contribution < 1.29 is 23.6 Å². The Morgan fingerprint density at radius 2 is 1.84 bits per heavy atom. The number of benzene rings is 2. The number of nitro groups is 1. The van der Waals surface area contributed by atoms with E-state index in [1.54, 1.807) is 12.1 Å². The van der Waals surface area contributed by atoms with Crippen molar-refractivity contribution in [1.29, 1.82) is 0 Å². The molecule has 1 aliphatic rings. The molecular weight excluding hydrogens is 416 g/mol. The Morgan fingerprint density at radius 3 is 2.56 bits per heavy atom. The van der Waals surface area contributed by atoms with Gasteiger partial charge in [-0.3, -0.25) is 10.1 Å². The summed E-state index contributed by atoms with van der Waals surface area (Å²) in [6.45, 7) is 5.78. The van der Waals surface area contributed by atoms with Crippen molar-refractivity contribution in [3.63, 3.8) is 0 Å². The van der Waals surface area contributed by atoms with Gasteiger partial charge in [0.25, 0.3) is 5.69 Å². The van der Waals surface area contributed by atoms with Crippen LogP contribution in [0.15, 0.2) is 45.6 Å². The number of non-ortho nitro benzene ring substituents is 1. The number of carbonyl (C=O) groups is 1. The first-order valence-corrected chi connectivity index (χ1v) is 10.2. The van der Waals surface area contributed by atoms with Crippen LogP contribution in [0.3, 0.4) is 0 Å². The Kier molecular flexibility index (Phi) is 5.91. The summed E-state index contributed by atoms with van der Waals surface area (Å²) >= 11 is 0. The number of nitrogens with zero attached hydrogens (tertiary/aromatic N) is 2. The Hall–Kier alpha value is -3.72. The van der Waals surface area contributed by atoms with Crippen LogP contribution in [0.1, 0.15) is 27.0 Å². The van der Waals surface area contributed by atoms with Gasteiger partial charge in [0.05, 0.1) is 29.4 Å². The zero-order valence-corrected chi connectivity index (χ0v) is 17.8. The molecule has 0 radical (unpaired) electrons. The SMILES string of the molecule is Cc1cc2oc(=O)cc(COC(=O)c3cc([N+](=O)[O-])ccc3N3CCOCC3)c2cc1C. The van der Waals surface area contributed by atoms with Gasteiger partial charge in [-0.2, -0.15) is 0 Å². The lowest BCUT2D eigenvalue weighted by molar-refractivity contribution is -0.384. The molecule has 2 aromatic carbocycles. The maximum absolute atomic E-state index is 13.0. The number of anilines is 1. The molecule has 0 unspecified atom stereocenters. The van der Waals surface area contributed by atoms with E-state index < -0.39 is 16.5 Å². The van der Waals surface area contributed by atoms with Crippen molar-refractivity contribution in [3.05, 3.63) is 79.2 Å². The molecule has 0 N–H and O–H groups in total. The van der Waals surface area contributed by atoms with Gasteiger partial charge in [-0.25, -0.2) is 9.59 Å². The molecule has 0 amide bonds. The van der Waals surface area contributed by atoms with Gasteiger partial charge in [0.2, 0.25) is 0 Å². The fourth-order valence-corrected chi connectivity index (χ4v) is 3.70. The third-order valence-electron chi connectivity index (χ3n) is 5.57. The molecule has 1 fully saturated rings. The van der Waals surface area contributed by atoms with Gasteiger partial charge >= 0.3 is 11.6 Å². The molecule has 0 atom stereocenters. The van der Waals surface area contributed by atoms with Crippen molar-refractivity contribution in [2.45, 2.75) is 20.5 Å². The predicted molar refractivity (Wildman–Crippen MR) is 117 cm³/mol. The molecule has 3 aromatic rings. The normalized spacial score (nSPS) is 13.9. The summed E-state index contributed by atoms with van der Waals surface area (Å²) in [7, 11) is 0. The summed E-state index contributed by atoms with van der Waals surface area (Å²) < 4.78 is 16.1. The average Bonchev–Trinajstić information content (AvgIpc) is 2.78. The summed E-state index contributed by atoms with van der Waals surface area (Å²) in [5.41, 5.74) is 2.80. The minimum absolute atomic E-state index is 0.0976. The molecule has 32 heavy (non-hydrogen) atoms. The Morgan fingerprint density at radius 1 is 1.12 bits per heavy atom. The van der Waals surface area contributed by atoms with Crippen LogP contribution in [-0.2, 0) is 16.1 Å². The highest BCUT2D eigenvalue weighted by Crippen LogP contribution is 2.28. The van der Waals surface area contributed by atoms with Crippen LogP contribution in [0.25, 0.3) is 11.0 Å². The second kappa shape index (κ2) is 8.80. The molecule has 1 saturated heterocycles. The minimum atomic E-state index is -0.708. The quantitative estimate of drug-likeness (QED) is 0.257. The van der Waals surface area contributed by atoms with Crippen LogP contribution in [-0.4, -0.2) is 37.2 Å². The molecule has 2 heterocycles. The smallest absolute Gasteiger partial charge is 0.340 e. The van der Waals surface area contributed by atoms with Crippen molar-refractivity contribution in [2.24, 2.45) is 0 Å². The number of esters is 1. The number of carbonyl (C=O) groups excluding carboxylic acids is 1. The number of rotatable bonds is 5. The third-order valence-corrected chi connectivity index (χ3v) is 5.57. The summed E-state index contributed by atoms with van der Waals surface area (Å²) in [4.78, 5) is 37.6. The van der Waals surface area contributed by atoms with E-state index in [1.165, 1.54) is 18.2 Å². The van der Waals surface area contributed by atoms with E-state index in [0.29, 0.717) is 48.5 Å². The number of nitro benzene ring substituents is 1. The maximum Gasteiger partial charge on any atom is 0.340 e. The van der Waals surface area contributed by atoms with Crippen molar-refractivity contribution >= 4 is 28.3 Å². The second-order valence-electron chi connectivity index (χ2n) is 7.66. The fraction of sp³-hybridized carbons (Fsp3) is 0.304. The molecule has 1 aliphatic heterocycles. The molecule has 4 rings (SSSR count). The zero-order chi connectivity index (χ0) is 22.8. The Bertz CT molecular complexity index is 1260. The monoisotopic (exact) mass is 438 g/mol. The van der Waals surface area contributed by atoms with Crippen molar-refractivity contribution in [1.82, 2.24) is 0 Å². The first-order valence-electron chi connectivity index (χ1n) is 10.2. The van der Waals surface area contributed by atoms with E-state index in [4.69, 9.17) is 13.9 Å². The standard InChI is InChI=1S/C23H22N2O7/c1-14-9-18-16(11-22(26)32-21(18)10-15(14)2)13-31-23(27)19-12-17(25(28)29)3-4-20(19)24-5-7-30-8-6-24/h3-4,9-12H,5-8,13H2,1-2H3. The minimum Gasteiger partial charge on any atom is -0.457 e. The van der Waals surface area contributed by atoms with Gasteiger partial charge in [0, 0.05) is 42.2 Å². The van der Waals surface area contributed by atoms with Gasteiger partial charge in [-0.15, -0.1) is 0 Å². The predicted octanol–water partition coefficient (Wildman–Crippen LogP) is 3.51. The number of fused-ring (bicyclic) bond motifs is 1. The van der Waals surface area contributed by atoms with E-state index in [2.05, 4.69) is 0 Å². The van der Waals surface area contributed by atoms with Gasteiger partial charge in [0.15, 0.2) is 0 Å². The summed E-state index contributed by atoms with van der Waals surface area (Å²) in [5, 5.41) is 11.9. The van der Waals surface area contributed by atoms with Crippen LogP contribution in [0.5, 0.6) is 0 Å². The van der Waals surface area contributed by atoms with E-state index in [1.807, 2.05) is 24.8 Å². The van der Waals surface area contributed by atoms with E-state index >= 15 is 0 Å². The average molecular weight is 438 g/mol. The van der Waals surface area contributed by atoms with Gasteiger partial charge < -0.3 is 18.8 Å². The molecule has 166 valence electrons. The van der Waals surface area contributed by atoms with Crippen molar-refractivity contribution in [3.8, 4) is 0 Å². The molecule has 9 heteroatoms. The lowest BCUT2D eigenvalue weighted by atomic mass is 10.0. The van der Waals surface area contributed by atoms with Crippen LogP contribution in [0.2, 0.25) is 0 Å². The van der Waals surface area contributed by atoms with Crippen molar-refractivity contribution in [2.75, 3.05) is 31.2 Å². The maximum atomic E-state index is 13.0. The summed E-state index contributed by atoms with van der Waals surface area (Å²) in [6.07, 6.45) is 0. The molecule has 0 bridgehead atoms. The van der Waals surface area contributed by atoms with Gasteiger partial charge in [-0.1, -0.05) is 0 Å². The third kappa shape index (κ3) is 4.33. The summed E-state index contributed by atoms with van der Waals surface area (Å²) in [6, 6.07) is 9.08. The number of aryl methyl sites for hydroxylation is 2. The highest BCUT2D eigenvalue weighted by molar-refractivity contribution is 5.97. The zero-order valence-electron chi connectivity index (χ0n) is 17.8. The summed E-state index contributed by atoms with van der Waals surface area (Å²) in [5.74, 6) is -0.708. The molecule has 1 aromatic heterocycles. The Labute approximate surface area is 183 Å². The largest absolute Gasteiger partial charge is 0.457 e. The van der Waals surface area contributed by atoms with Crippen LogP contribution in [0.4, 0.5) is 11.4 Å². The molecule has 9 nitrogen and oxygen atoms in total. The van der Waals surface area contributed by atoms with Crippen LogP contribution in [0, 0.1) is 24.0 Å². The van der Waals surface area contributed by atoms with Gasteiger partial charge in [0.1, 0.15) is 12.2 Å². The topological polar surface area (TPSA) is 112 Å². The van der Waals surface area contributed by atoms with Crippen LogP contribution < -0.4 is 10.5 Å². The van der Waals surface area contributed by atoms with Crippen LogP contribution >= 0.6 is 0 Å². The first-order chi connectivity index (χ1) is 15.3. The number of ether oxygens (including phenoxy) is 2. The lowest BCUT2D eigenvalue weighted by Gasteiger charge is -2.30. The first kappa shape index (κ1) is 21.5. The second-order valence-corrected chi connectivity index (χ2v) is 7.66. The highest BCUT2D eigenvalue weighted by atomic mass is 16.6. The fourth-order valence-electron chi connectivity index (χ4n) is 3.70. The molecule has 0 aliphatic carbocycles. The molecular formula is C23H22N2O7. The van der Waals surface area contributed by atoms with Gasteiger partial charge in [-0.05, 0) is 43.2 Å². The lowest BCUT2D eigenvalue weighted by Crippen LogP contribution is -2.37. The molecule has 0 spiro atoms. The number of hydrogen-bond donors (Lipinski definition) is 0. The number of hydrogen-bond acceptors (Lipinski definition) is 8. The van der Waals surface area contributed by atoms with E-state index in [0.717, 1.165) is 11.1 Å². The molecule has 0 saturated carbocycles. The van der Waals surface area contributed by atoms with E-state index in [-0.39, 0.29) is 17.9 Å². The van der Waals surface area contributed by atoms with E-state index in [9.17, 15) is 19.7 Å². The Balaban J connectivity index is 1.66. The highest BCUT2D eigenvalue weighted by Gasteiger charge is 2.23.